The third kappa shape index (κ3) is 3.70. The summed E-state index contributed by atoms with van der Waals surface area (Å²) >= 11 is 6.89. The molecule has 0 aliphatic heterocycles. The number of carbonyl (C=O) groups is 2. The first-order valence-corrected chi connectivity index (χ1v) is 8.24. The monoisotopic (exact) mass is 396 g/mol. The molecule has 1 aromatic carbocycles. The van der Waals surface area contributed by atoms with Crippen LogP contribution >= 0.6 is 23.4 Å². The highest BCUT2D eigenvalue weighted by Crippen LogP contribution is 2.34. The Morgan fingerprint density at radius 1 is 1.31 bits per heavy atom. The van der Waals surface area contributed by atoms with Crippen molar-refractivity contribution >= 4 is 40.9 Å². The van der Waals surface area contributed by atoms with E-state index in [2.05, 4.69) is 15.4 Å². The predicted octanol–water partition coefficient (Wildman–Crippen LogP) is 2.19. The molecule has 0 aliphatic rings. The minimum atomic E-state index is -1.23. The SMILES string of the molecule is O=C(O)CNC(=O)c1c(O)cc(Sc2cc(F)cc(Cl)c2)n2ncnc12. The quantitative estimate of drug-likeness (QED) is 0.605. The molecule has 0 atom stereocenters. The van der Waals surface area contributed by atoms with Crippen molar-refractivity contribution in [2.75, 3.05) is 6.54 Å². The second-order valence-electron chi connectivity index (χ2n) is 5.02. The van der Waals surface area contributed by atoms with E-state index >= 15 is 0 Å². The van der Waals surface area contributed by atoms with Crippen LogP contribution in [0, 0.1) is 5.82 Å². The zero-order valence-corrected chi connectivity index (χ0v) is 14.4. The minimum Gasteiger partial charge on any atom is -0.507 e. The molecular formula is C15H10ClFN4O4S. The molecule has 26 heavy (non-hydrogen) atoms. The van der Waals surface area contributed by atoms with Crippen molar-refractivity contribution < 1.29 is 24.2 Å². The molecule has 0 fully saturated rings. The maximum Gasteiger partial charge on any atom is 0.322 e. The van der Waals surface area contributed by atoms with Crippen LogP contribution in [0.4, 0.5) is 4.39 Å². The van der Waals surface area contributed by atoms with Gasteiger partial charge in [-0.1, -0.05) is 23.4 Å². The van der Waals surface area contributed by atoms with Crippen molar-refractivity contribution in [3.63, 3.8) is 0 Å². The smallest absolute Gasteiger partial charge is 0.322 e. The second kappa shape index (κ2) is 7.18. The lowest BCUT2D eigenvalue weighted by atomic mass is 10.2. The summed E-state index contributed by atoms with van der Waals surface area (Å²) in [6.45, 7) is -0.614. The zero-order valence-electron chi connectivity index (χ0n) is 12.8. The molecule has 3 N–H and O–H groups in total. The Bertz CT molecular complexity index is 1010. The van der Waals surface area contributed by atoms with Gasteiger partial charge in [0.1, 0.15) is 35.0 Å². The van der Waals surface area contributed by atoms with E-state index in [4.69, 9.17) is 16.7 Å². The van der Waals surface area contributed by atoms with E-state index in [-0.39, 0.29) is 16.2 Å². The van der Waals surface area contributed by atoms with E-state index in [0.717, 1.165) is 17.8 Å². The molecule has 2 aromatic heterocycles. The highest BCUT2D eigenvalue weighted by molar-refractivity contribution is 7.99. The summed E-state index contributed by atoms with van der Waals surface area (Å²) in [5.41, 5.74) is -0.191. The Labute approximate surface area is 154 Å². The van der Waals surface area contributed by atoms with Gasteiger partial charge in [0, 0.05) is 16.0 Å². The number of hydrogen-bond acceptors (Lipinski definition) is 6. The lowest BCUT2D eigenvalue weighted by Gasteiger charge is -2.10. The number of amides is 1. The van der Waals surface area contributed by atoms with E-state index in [1.54, 1.807) is 0 Å². The van der Waals surface area contributed by atoms with Crippen molar-refractivity contribution in [1.29, 1.82) is 0 Å². The molecule has 0 saturated carbocycles. The zero-order chi connectivity index (χ0) is 18.8. The predicted molar refractivity (Wildman–Crippen MR) is 90.2 cm³/mol. The minimum absolute atomic E-state index is 0.0258. The first-order valence-electron chi connectivity index (χ1n) is 7.05. The van der Waals surface area contributed by atoms with Gasteiger partial charge in [-0.2, -0.15) is 5.10 Å². The highest BCUT2D eigenvalue weighted by atomic mass is 35.5. The molecule has 2 heterocycles. The molecular weight excluding hydrogens is 387 g/mol. The van der Waals surface area contributed by atoms with Crippen LogP contribution < -0.4 is 5.32 Å². The van der Waals surface area contributed by atoms with Crippen LogP contribution in [0.3, 0.4) is 0 Å². The Hall–Kier alpha value is -2.85. The van der Waals surface area contributed by atoms with Gasteiger partial charge < -0.3 is 15.5 Å². The first kappa shape index (κ1) is 18.0. The second-order valence-corrected chi connectivity index (χ2v) is 6.55. The number of hydrogen-bond donors (Lipinski definition) is 3. The van der Waals surface area contributed by atoms with Gasteiger partial charge in [-0.25, -0.2) is 13.9 Å². The van der Waals surface area contributed by atoms with Crippen molar-refractivity contribution in [3.05, 3.63) is 47.0 Å². The number of aromatic hydroxyl groups is 1. The maximum absolute atomic E-state index is 13.5. The maximum atomic E-state index is 13.5. The van der Waals surface area contributed by atoms with Crippen molar-refractivity contribution in [2.45, 2.75) is 9.92 Å². The summed E-state index contributed by atoms with van der Waals surface area (Å²) in [5, 5.41) is 25.6. The Morgan fingerprint density at radius 2 is 2.08 bits per heavy atom. The molecule has 0 aliphatic carbocycles. The van der Waals surface area contributed by atoms with Gasteiger partial charge >= 0.3 is 5.97 Å². The van der Waals surface area contributed by atoms with Crippen molar-refractivity contribution in [1.82, 2.24) is 19.9 Å². The molecule has 8 nitrogen and oxygen atoms in total. The standard InChI is InChI=1S/C15H10ClFN4O4S/c16-7-1-8(17)3-9(2-7)26-11-4-10(22)13(14-19-6-20-21(11)14)15(25)18-5-12(23)24/h1-4,6,22H,5H2,(H,18,25)(H,23,24). The summed E-state index contributed by atoms with van der Waals surface area (Å²) in [4.78, 5) is 27.1. The summed E-state index contributed by atoms with van der Waals surface area (Å²) < 4.78 is 14.8. The molecule has 3 aromatic rings. The fraction of sp³-hybridized carbons (Fsp3) is 0.0667. The molecule has 1 amide bonds. The van der Waals surface area contributed by atoms with Crippen LogP contribution in [0.2, 0.25) is 5.02 Å². The lowest BCUT2D eigenvalue weighted by Crippen LogP contribution is -2.29. The third-order valence-corrected chi connectivity index (χ3v) is 4.37. The summed E-state index contributed by atoms with van der Waals surface area (Å²) in [5.74, 6) is -2.99. The number of aliphatic carboxylic acids is 1. The molecule has 0 radical (unpaired) electrons. The number of carboxylic acids is 1. The normalized spacial score (nSPS) is 10.8. The molecule has 0 spiro atoms. The highest BCUT2D eigenvalue weighted by Gasteiger charge is 2.21. The van der Waals surface area contributed by atoms with E-state index in [9.17, 15) is 19.1 Å². The van der Waals surface area contributed by atoms with Gasteiger partial charge in [0.05, 0.1) is 0 Å². The fourth-order valence-electron chi connectivity index (χ4n) is 2.18. The van der Waals surface area contributed by atoms with Crippen LogP contribution in [0.5, 0.6) is 5.75 Å². The molecule has 0 unspecified atom stereocenters. The number of nitrogens with one attached hydrogen (secondary N) is 1. The van der Waals surface area contributed by atoms with Crippen molar-refractivity contribution in [3.8, 4) is 5.75 Å². The van der Waals surface area contributed by atoms with Crippen LogP contribution in [0.15, 0.2) is 40.5 Å². The van der Waals surface area contributed by atoms with E-state index < -0.39 is 30.0 Å². The Morgan fingerprint density at radius 3 is 2.77 bits per heavy atom. The summed E-state index contributed by atoms with van der Waals surface area (Å²) in [6, 6.07) is 5.19. The number of nitrogens with zero attached hydrogens (tertiary/aromatic N) is 3. The van der Waals surface area contributed by atoms with Crippen LogP contribution in [0.25, 0.3) is 5.65 Å². The Kier molecular flexibility index (Phi) is 4.96. The molecule has 3 rings (SSSR count). The average Bonchev–Trinajstić information content (AvgIpc) is 3.01. The summed E-state index contributed by atoms with van der Waals surface area (Å²) in [6.07, 6.45) is 1.17. The number of halogens is 2. The van der Waals surface area contributed by atoms with E-state index in [1.807, 2.05) is 0 Å². The topological polar surface area (TPSA) is 117 Å². The number of pyridine rings is 1. The lowest BCUT2D eigenvalue weighted by molar-refractivity contribution is -0.135. The molecule has 11 heteroatoms. The molecule has 0 saturated heterocycles. The van der Waals surface area contributed by atoms with Gasteiger partial charge in [-0.05, 0) is 18.2 Å². The van der Waals surface area contributed by atoms with Crippen LogP contribution in [-0.2, 0) is 4.79 Å². The largest absolute Gasteiger partial charge is 0.507 e. The van der Waals surface area contributed by atoms with Crippen LogP contribution in [0.1, 0.15) is 10.4 Å². The van der Waals surface area contributed by atoms with Gasteiger partial charge in [0.2, 0.25) is 0 Å². The van der Waals surface area contributed by atoms with Gasteiger partial charge in [0.25, 0.3) is 5.91 Å². The third-order valence-electron chi connectivity index (χ3n) is 3.18. The molecule has 0 bridgehead atoms. The number of fused-ring (bicyclic) bond motifs is 1. The number of aromatic nitrogens is 3. The van der Waals surface area contributed by atoms with E-state index in [0.29, 0.717) is 9.92 Å². The van der Waals surface area contributed by atoms with E-state index in [1.165, 1.54) is 29.0 Å². The number of carbonyl (C=O) groups excluding carboxylic acids is 1. The molecule has 134 valence electrons. The average molecular weight is 397 g/mol. The first-order chi connectivity index (χ1) is 12.3. The number of carboxylic acid groups (broad SMARTS) is 1. The Balaban J connectivity index is 2.01. The van der Waals surface area contributed by atoms with Crippen molar-refractivity contribution in [2.24, 2.45) is 0 Å². The number of benzene rings is 1. The fourth-order valence-corrected chi connectivity index (χ4v) is 3.46. The van der Waals surface area contributed by atoms with Gasteiger partial charge in [-0.3, -0.25) is 9.59 Å². The van der Waals surface area contributed by atoms with Gasteiger partial charge in [0.15, 0.2) is 5.65 Å². The summed E-state index contributed by atoms with van der Waals surface area (Å²) in [7, 11) is 0. The number of rotatable bonds is 5. The van der Waals surface area contributed by atoms with Gasteiger partial charge in [-0.15, -0.1) is 0 Å². The van der Waals surface area contributed by atoms with Crippen LogP contribution in [-0.4, -0.2) is 43.2 Å².